The van der Waals surface area contributed by atoms with E-state index >= 15 is 0 Å². The molecule has 0 bridgehead atoms. The van der Waals surface area contributed by atoms with E-state index < -0.39 is 8.32 Å². The molecule has 1 aromatic carbocycles. The van der Waals surface area contributed by atoms with E-state index in [0.29, 0.717) is 0 Å². The summed E-state index contributed by atoms with van der Waals surface area (Å²) in [6.07, 6.45) is 0. The maximum absolute atomic E-state index is 10.7. The van der Waals surface area contributed by atoms with Gasteiger partial charge in [0, 0.05) is 57.2 Å². The minimum Gasteiger partial charge on any atom is -0.416 e. The number of rotatable bonds is 6. The van der Waals surface area contributed by atoms with E-state index in [2.05, 4.69) is 43.7 Å². The Kier molecular flexibility index (Phi) is 6.24. The lowest BCUT2D eigenvalue weighted by Crippen LogP contribution is -2.48. The minimum absolute atomic E-state index is 0.144. The molecule has 0 atom stereocenters. The van der Waals surface area contributed by atoms with Crippen LogP contribution in [0.3, 0.4) is 0 Å². The highest BCUT2D eigenvalue weighted by Crippen LogP contribution is 2.36. The predicted octanol–water partition coefficient (Wildman–Crippen LogP) is 3.74. The molecule has 1 aliphatic rings. The highest BCUT2D eigenvalue weighted by molar-refractivity contribution is 6.74. The molecule has 7 heteroatoms. The van der Waals surface area contributed by atoms with Gasteiger partial charge in [0.1, 0.15) is 0 Å². The summed E-state index contributed by atoms with van der Waals surface area (Å²) < 4.78 is 6.26. The SMILES string of the molecule is CC(C)(C)[Si](C)(C)OCCN1CCN(c2ccc([N+](=O)[O-])cc2)CC1. The van der Waals surface area contributed by atoms with Gasteiger partial charge in [-0.3, -0.25) is 15.0 Å². The fourth-order valence-corrected chi connectivity index (χ4v) is 3.70. The second-order valence-corrected chi connectivity index (χ2v) is 13.0. The fraction of sp³-hybridized carbons (Fsp3) is 0.667. The smallest absolute Gasteiger partial charge is 0.269 e. The average molecular weight is 366 g/mol. The number of nitro groups is 1. The first-order valence-corrected chi connectivity index (χ1v) is 11.9. The third-order valence-corrected chi connectivity index (χ3v) is 10.0. The van der Waals surface area contributed by atoms with Crippen molar-refractivity contribution in [2.45, 2.75) is 38.9 Å². The number of hydrogen-bond acceptors (Lipinski definition) is 5. The number of piperazine rings is 1. The molecule has 140 valence electrons. The van der Waals surface area contributed by atoms with Gasteiger partial charge in [0.05, 0.1) is 4.92 Å². The molecule has 1 aliphatic heterocycles. The van der Waals surface area contributed by atoms with Crippen LogP contribution in [0.15, 0.2) is 24.3 Å². The van der Waals surface area contributed by atoms with Crippen LogP contribution in [-0.4, -0.2) is 57.5 Å². The molecule has 1 heterocycles. The predicted molar refractivity (Wildman–Crippen MR) is 105 cm³/mol. The van der Waals surface area contributed by atoms with Crippen LogP contribution in [0, 0.1) is 10.1 Å². The first-order valence-electron chi connectivity index (χ1n) is 8.96. The highest BCUT2D eigenvalue weighted by atomic mass is 28.4. The molecule has 0 unspecified atom stereocenters. The first-order chi connectivity index (χ1) is 11.6. The Morgan fingerprint density at radius 3 is 2.16 bits per heavy atom. The van der Waals surface area contributed by atoms with E-state index in [9.17, 15) is 10.1 Å². The molecule has 6 nitrogen and oxygen atoms in total. The largest absolute Gasteiger partial charge is 0.416 e. The van der Waals surface area contributed by atoms with Gasteiger partial charge in [0.2, 0.25) is 0 Å². The Morgan fingerprint density at radius 1 is 1.12 bits per heavy atom. The summed E-state index contributed by atoms with van der Waals surface area (Å²) in [6, 6.07) is 6.84. The van der Waals surface area contributed by atoms with E-state index in [1.807, 2.05) is 12.1 Å². The van der Waals surface area contributed by atoms with Crippen molar-refractivity contribution >= 4 is 19.7 Å². The van der Waals surface area contributed by atoms with Crippen molar-refractivity contribution in [1.29, 1.82) is 0 Å². The molecule has 0 amide bonds. The van der Waals surface area contributed by atoms with Crippen molar-refractivity contribution in [1.82, 2.24) is 4.90 Å². The number of anilines is 1. The summed E-state index contributed by atoms with van der Waals surface area (Å²) in [5, 5.41) is 11.0. The van der Waals surface area contributed by atoms with Crippen molar-refractivity contribution in [3.63, 3.8) is 0 Å². The number of non-ortho nitro benzene ring substituents is 1. The number of nitrogens with zero attached hydrogens (tertiary/aromatic N) is 3. The maximum Gasteiger partial charge on any atom is 0.269 e. The standard InChI is InChI=1S/C18H31N3O3Si/c1-18(2,3)25(4,5)24-15-14-19-10-12-20(13-11-19)16-6-8-17(9-7-16)21(22)23/h6-9H,10-15H2,1-5H3. The van der Waals surface area contributed by atoms with Crippen LogP contribution in [0.2, 0.25) is 18.1 Å². The molecule has 0 aliphatic carbocycles. The van der Waals surface area contributed by atoms with Gasteiger partial charge < -0.3 is 9.33 Å². The van der Waals surface area contributed by atoms with Crippen LogP contribution in [0.1, 0.15) is 20.8 Å². The second kappa shape index (κ2) is 7.84. The van der Waals surface area contributed by atoms with Crippen LogP contribution < -0.4 is 4.90 Å². The molecule has 0 spiro atoms. The zero-order valence-electron chi connectivity index (χ0n) is 16.1. The Morgan fingerprint density at radius 2 is 1.68 bits per heavy atom. The van der Waals surface area contributed by atoms with E-state index in [1.165, 1.54) is 0 Å². The molecular formula is C18H31N3O3Si. The van der Waals surface area contributed by atoms with Crippen molar-refractivity contribution < 1.29 is 9.35 Å². The van der Waals surface area contributed by atoms with Gasteiger partial charge in [-0.05, 0) is 30.3 Å². The van der Waals surface area contributed by atoms with Gasteiger partial charge in [-0.2, -0.15) is 0 Å². The van der Waals surface area contributed by atoms with Crippen molar-refractivity contribution in [2.24, 2.45) is 0 Å². The molecule has 2 rings (SSSR count). The molecule has 1 saturated heterocycles. The zero-order chi connectivity index (χ0) is 18.7. The quantitative estimate of drug-likeness (QED) is 0.437. The highest BCUT2D eigenvalue weighted by Gasteiger charge is 2.37. The summed E-state index contributed by atoms with van der Waals surface area (Å²) in [5.41, 5.74) is 1.20. The van der Waals surface area contributed by atoms with Crippen molar-refractivity contribution in [3.05, 3.63) is 34.4 Å². The Hall–Kier alpha value is -1.44. The van der Waals surface area contributed by atoms with Gasteiger partial charge in [0.25, 0.3) is 5.69 Å². The third-order valence-electron chi connectivity index (χ3n) is 5.47. The average Bonchev–Trinajstić information content (AvgIpc) is 2.54. The first kappa shape index (κ1) is 19.9. The van der Waals surface area contributed by atoms with Crippen LogP contribution >= 0.6 is 0 Å². The normalized spacial score (nSPS) is 16.9. The summed E-state index contributed by atoms with van der Waals surface area (Å²) in [5.74, 6) is 0. The van der Waals surface area contributed by atoms with Gasteiger partial charge in [-0.15, -0.1) is 0 Å². The van der Waals surface area contributed by atoms with Gasteiger partial charge in [-0.1, -0.05) is 20.8 Å². The fourth-order valence-electron chi connectivity index (χ4n) is 2.66. The minimum atomic E-state index is -1.66. The van der Waals surface area contributed by atoms with Crippen LogP contribution in [0.25, 0.3) is 0 Å². The van der Waals surface area contributed by atoms with Crippen LogP contribution in [-0.2, 0) is 4.43 Å². The van der Waals surface area contributed by atoms with Gasteiger partial charge in [-0.25, -0.2) is 0 Å². The Labute approximate surface area is 152 Å². The number of benzene rings is 1. The Balaban J connectivity index is 1.77. The molecule has 25 heavy (non-hydrogen) atoms. The molecule has 1 fully saturated rings. The number of nitro benzene ring substituents is 1. The summed E-state index contributed by atoms with van der Waals surface area (Å²) in [4.78, 5) is 15.1. The monoisotopic (exact) mass is 365 g/mol. The lowest BCUT2D eigenvalue weighted by atomic mass is 10.2. The van der Waals surface area contributed by atoms with E-state index in [0.717, 1.165) is 45.0 Å². The van der Waals surface area contributed by atoms with Crippen molar-refractivity contribution in [2.75, 3.05) is 44.2 Å². The van der Waals surface area contributed by atoms with E-state index in [1.54, 1.807) is 12.1 Å². The molecule has 0 saturated carbocycles. The molecular weight excluding hydrogens is 334 g/mol. The topological polar surface area (TPSA) is 58.8 Å². The van der Waals surface area contributed by atoms with Gasteiger partial charge >= 0.3 is 0 Å². The number of hydrogen-bond donors (Lipinski definition) is 0. The molecule has 1 aromatic rings. The molecule has 0 N–H and O–H groups in total. The molecule has 0 radical (unpaired) electrons. The van der Waals surface area contributed by atoms with Crippen LogP contribution in [0.5, 0.6) is 0 Å². The lowest BCUT2D eigenvalue weighted by Gasteiger charge is -2.39. The van der Waals surface area contributed by atoms with Crippen LogP contribution in [0.4, 0.5) is 11.4 Å². The summed E-state index contributed by atoms with van der Waals surface area (Å²) in [6.45, 7) is 17.0. The van der Waals surface area contributed by atoms with E-state index in [4.69, 9.17) is 4.43 Å². The Bertz CT molecular complexity index is 576. The summed E-state index contributed by atoms with van der Waals surface area (Å²) >= 11 is 0. The molecule has 0 aromatic heterocycles. The van der Waals surface area contributed by atoms with Gasteiger partial charge in [0.15, 0.2) is 8.32 Å². The van der Waals surface area contributed by atoms with E-state index in [-0.39, 0.29) is 15.6 Å². The zero-order valence-corrected chi connectivity index (χ0v) is 17.1. The second-order valence-electron chi connectivity index (χ2n) is 8.21. The summed E-state index contributed by atoms with van der Waals surface area (Å²) in [7, 11) is -1.66. The third kappa shape index (κ3) is 5.26. The maximum atomic E-state index is 10.7. The van der Waals surface area contributed by atoms with Crippen molar-refractivity contribution in [3.8, 4) is 0 Å². The lowest BCUT2D eigenvalue weighted by molar-refractivity contribution is -0.384.